The summed E-state index contributed by atoms with van der Waals surface area (Å²) in [6.07, 6.45) is 0. The van der Waals surface area contributed by atoms with Gasteiger partial charge in [-0.2, -0.15) is 4.98 Å². The van der Waals surface area contributed by atoms with Crippen molar-refractivity contribution in [2.75, 3.05) is 19.7 Å². The molecule has 0 aliphatic carbocycles. The number of ether oxygens (including phenoxy) is 1. The molecule has 0 unspecified atom stereocenters. The van der Waals surface area contributed by atoms with Crippen molar-refractivity contribution in [3.63, 3.8) is 0 Å². The molecule has 1 aromatic carbocycles. The van der Waals surface area contributed by atoms with Crippen molar-refractivity contribution in [2.45, 2.75) is 5.92 Å². The fraction of sp³-hybridized carbons (Fsp3) is 0.235. The number of hydrogen-bond acceptors (Lipinski definition) is 6. The molecule has 24 heavy (non-hydrogen) atoms. The Morgan fingerprint density at radius 1 is 1.25 bits per heavy atom. The number of para-hydroxylation sites is 1. The van der Waals surface area contributed by atoms with Gasteiger partial charge in [0.25, 0.3) is 5.91 Å². The summed E-state index contributed by atoms with van der Waals surface area (Å²) in [7, 11) is 0. The van der Waals surface area contributed by atoms with Crippen LogP contribution >= 0.6 is 11.3 Å². The predicted octanol–water partition coefficient (Wildman–Crippen LogP) is 2.80. The quantitative estimate of drug-likeness (QED) is 0.714. The van der Waals surface area contributed by atoms with Crippen LogP contribution in [0.25, 0.3) is 10.7 Å². The minimum atomic E-state index is -0.0342. The number of benzene rings is 1. The molecule has 0 bridgehead atoms. The summed E-state index contributed by atoms with van der Waals surface area (Å²) in [6.45, 7) is 1.22. The summed E-state index contributed by atoms with van der Waals surface area (Å²) in [5.41, 5.74) is 0. The molecule has 6 nitrogen and oxygen atoms in total. The molecule has 0 spiro atoms. The second-order valence-electron chi connectivity index (χ2n) is 5.53. The average Bonchev–Trinajstić information content (AvgIpc) is 3.24. The minimum absolute atomic E-state index is 0.0342. The van der Waals surface area contributed by atoms with Crippen LogP contribution in [0.3, 0.4) is 0 Å². The zero-order chi connectivity index (χ0) is 16.4. The van der Waals surface area contributed by atoms with Gasteiger partial charge in [0.15, 0.2) is 6.61 Å². The minimum Gasteiger partial charge on any atom is -0.484 e. The fourth-order valence-electron chi connectivity index (χ4n) is 2.50. The van der Waals surface area contributed by atoms with E-state index in [4.69, 9.17) is 9.26 Å². The molecule has 0 saturated carbocycles. The van der Waals surface area contributed by atoms with E-state index in [1.165, 1.54) is 0 Å². The maximum atomic E-state index is 12.1. The highest BCUT2D eigenvalue weighted by Crippen LogP contribution is 2.29. The number of aromatic nitrogens is 2. The topological polar surface area (TPSA) is 68.5 Å². The second-order valence-corrected chi connectivity index (χ2v) is 6.48. The monoisotopic (exact) mass is 341 g/mol. The third kappa shape index (κ3) is 3.03. The second kappa shape index (κ2) is 6.45. The first-order valence-electron chi connectivity index (χ1n) is 7.63. The van der Waals surface area contributed by atoms with Crippen LogP contribution in [0.1, 0.15) is 11.8 Å². The van der Waals surface area contributed by atoms with E-state index in [2.05, 4.69) is 10.1 Å². The van der Waals surface area contributed by atoms with Gasteiger partial charge in [-0.05, 0) is 23.6 Å². The van der Waals surface area contributed by atoms with E-state index >= 15 is 0 Å². The molecule has 1 fully saturated rings. The first kappa shape index (κ1) is 14.9. The zero-order valence-corrected chi connectivity index (χ0v) is 13.6. The van der Waals surface area contributed by atoms with Crippen LogP contribution in [0, 0.1) is 0 Å². The molecular formula is C17H15N3O3S. The summed E-state index contributed by atoms with van der Waals surface area (Å²) in [6, 6.07) is 13.2. The fourth-order valence-corrected chi connectivity index (χ4v) is 3.15. The molecule has 3 aromatic rings. The van der Waals surface area contributed by atoms with Gasteiger partial charge in [-0.1, -0.05) is 29.4 Å². The maximum Gasteiger partial charge on any atom is 0.260 e. The normalized spacial score (nSPS) is 14.4. The van der Waals surface area contributed by atoms with Crippen LogP contribution in [0.5, 0.6) is 5.75 Å². The Morgan fingerprint density at radius 3 is 2.83 bits per heavy atom. The van der Waals surface area contributed by atoms with E-state index in [1.807, 2.05) is 47.8 Å². The van der Waals surface area contributed by atoms with Crippen LogP contribution < -0.4 is 4.74 Å². The van der Waals surface area contributed by atoms with Crippen molar-refractivity contribution in [1.29, 1.82) is 0 Å². The largest absolute Gasteiger partial charge is 0.484 e. The highest BCUT2D eigenvalue weighted by molar-refractivity contribution is 7.13. The van der Waals surface area contributed by atoms with E-state index < -0.39 is 0 Å². The van der Waals surface area contributed by atoms with Crippen LogP contribution in [-0.2, 0) is 4.79 Å². The molecule has 3 heterocycles. The van der Waals surface area contributed by atoms with Gasteiger partial charge in [-0.25, -0.2) is 0 Å². The van der Waals surface area contributed by atoms with Crippen LogP contribution in [-0.4, -0.2) is 40.6 Å². The van der Waals surface area contributed by atoms with E-state index in [0.29, 0.717) is 30.6 Å². The summed E-state index contributed by atoms with van der Waals surface area (Å²) in [5.74, 6) is 1.96. The van der Waals surface area contributed by atoms with Crippen molar-refractivity contribution in [2.24, 2.45) is 0 Å². The Bertz CT molecular complexity index is 811. The molecular weight excluding hydrogens is 326 g/mol. The predicted molar refractivity (Wildman–Crippen MR) is 88.9 cm³/mol. The number of amides is 1. The van der Waals surface area contributed by atoms with Crippen LogP contribution in [0.2, 0.25) is 0 Å². The Morgan fingerprint density at radius 2 is 2.08 bits per heavy atom. The van der Waals surface area contributed by atoms with Crippen LogP contribution in [0.15, 0.2) is 52.4 Å². The van der Waals surface area contributed by atoms with Crippen molar-refractivity contribution >= 4 is 17.2 Å². The Balaban J connectivity index is 1.29. The zero-order valence-electron chi connectivity index (χ0n) is 12.8. The molecule has 4 rings (SSSR count). The number of likely N-dealkylation sites (tertiary alicyclic amines) is 1. The molecule has 122 valence electrons. The molecule has 1 saturated heterocycles. The third-order valence-corrected chi connectivity index (χ3v) is 4.74. The van der Waals surface area contributed by atoms with Crippen molar-refractivity contribution in [1.82, 2.24) is 15.0 Å². The number of carbonyl (C=O) groups is 1. The number of nitrogens with zero attached hydrogens (tertiary/aromatic N) is 3. The summed E-state index contributed by atoms with van der Waals surface area (Å²) < 4.78 is 10.8. The lowest BCUT2D eigenvalue weighted by Gasteiger charge is -2.36. The Kier molecular flexibility index (Phi) is 4.00. The Hall–Kier alpha value is -2.67. The van der Waals surface area contributed by atoms with E-state index in [0.717, 1.165) is 4.88 Å². The lowest BCUT2D eigenvalue weighted by atomic mass is 10.0. The van der Waals surface area contributed by atoms with Gasteiger partial charge in [0.05, 0.1) is 10.8 Å². The number of carbonyl (C=O) groups excluding carboxylic acids is 1. The van der Waals surface area contributed by atoms with E-state index in [-0.39, 0.29) is 18.4 Å². The maximum absolute atomic E-state index is 12.1. The first-order chi connectivity index (χ1) is 11.8. The molecule has 1 aliphatic heterocycles. The highest BCUT2D eigenvalue weighted by Gasteiger charge is 2.35. The molecule has 0 N–H and O–H groups in total. The summed E-state index contributed by atoms with van der Waals surface area (Å²) in [4.78, 5) is 19.2. The standard InChI is InChI=1S/C17H15N3O3S/c21-15(11-22-13-5-2-1-3-6-13)20-9-12(10-20)17-18-16(19-23-17)14-7-4-8-24-14/h1-8,12H,9-11H2. The molecule has 0 atom stereocenters. The molecule has 7 heteroatoms. The number of hydrogen-bond donors (Lipinski definition) is 0. The Labute approximate surface area is 142 Å². The van der Waals surface area contributed by atoms with Gasteiger partial charge in [0, 0.05) is 13.1 Å². The van der Waals surface area contributed by atoms with Gasteiger partial charge in [-0.3, -0.25) is 4.79 Å². The summed E-state index contributed by atoms with van der Waals surface area (Å²) in [5, 5.41) is 5.98. The number of rotatable bonds is 5. The molecule has 1 amide bonds. The van der Waals surface area contributed by atoms with Gasteiger partial charge in [0.2, 0.25) is 11.7 Å². The molecule has 0 radical (unpaired) electrons. The van der Waals surface area contributed by atoms with Gasteiger partial charge >= 0.3 is 0 Å². The van der Waals surface area contributed by atoms with Crippen molar-refractivity contribution in [3.05, 3.63) is 53.7 Å². The smallest absolute Gasteiger partial charge is 0.260 e. The van der Waals surface area contributed by atoms with Crippen molar-refractivity contribution in [3.8, 4) is 16.5 Å². The van der Waals surface area contributed by atoms with Gasteiger partial charge in [0.1, 0.15) is 5.75 Å². The van der Waals surface area contributed by atoms with Crippen LogP contribution in [0.4, 0.5) is 0 Å². The van der Waals surface area contributed by atoms with Gasteiger partial charge in [-0.15, -0.1) is 11.3 Å². The first-order valence-corrected chi connectivity index (χ1v) is 8.50. The molecule has 1 aliphatic rings. The third-order valence-electron chi connectivity index (χ3n) is 3.87. The number of thiophene rings is 1. The van der Waals surface area contributed by atoms with E-state index in [9.17, 15) is 4.79 Å². The lowest BCUT2D eigenvalue weighted by molar-refractivity contribution is -0.138. The van der Waals surface area contributed by atoms with Gasteiger partial charge < -0.3 is 14.2 Å². The average molecular weight is 341 g/mol. The highest BCUT2D eigenvalue weighted by atomic mass is 32.1. The SMILES string of the molecule is O=C(COc1ccccc1)N1CC(c2nc(-c3cccs3)no2)C1. The van der Waals surface area contributed by atoms with E-state index in [1.54, 1.807) is 16.2 Å². The summed E-state index contributed by atoms with van der Waals surface area (Å²) >= 11 is 1.57. The molecule has 2 aromatic heterocycles. The van der Waals surface area contributed by atoms with Crippen molar-refractivity contribution < 1.29 is 14.1 Å². The lowest BCUT2D eigenvalue weighted by Crippen LogP contribution is -2.50.